The van der Waals surface area contributed by atoms with Gasteiger partial charge >= 0.3 is 0 Å². The van der Waals surface area contributed by atoms with E-state index in [0.717, 1.165) is 45.3 Å². The van der Waals surface area contributed by atoms with E-state index in [1.54, 1.807) is 0 Å². The first kappa shape index (κ1) is 15.4. The van der Waals surface area contributed by atoms with Gasteiger partial charge in [-0.1, -0.05) is 0 Å². The van der Waals surface area contributed by atoms with Crippen LogP contribution in [0.2, 0.25) is 0 Å². The third-order valence-electron chi connectivity index (χ3n) is 4.01. The fourth-order valence-corrected chi connectivity index (χ4v) is 2.50. The highest BCUT2D eigenvalue weighted by Crippen LogP contribution is 2.20. The minimum absolute atomic E-state index is 0.00288. The van der Waals surface area contributed by atoms with Crippen LogP contribution in [0, 0.1) is 11.6 Å². The highest BCUT2D eigenvalue weighted by molar-refractivity contribution is 5.20. The number of nitrogens with zero attached hydrogens (tertiary/aromatic N) is 2. The number of hydrogen-bond donors (Lipinski definition) is 1. The number of halogens is 2. The predicted molar refractivity (Wildman–Crippen MR) is 76.7 cm³/mol. The van der Waals surface area contributed by atoms with E-state index < -0.39 is 11.6 Å². The lowest BCUT2D eigenvalue weighted by atomic mass is 10.1. The van der Waals surface area contributed by atoms with Crippen molar-refractivity contribution >= 4 is 0 Å². The van der Waals surface area contributed by atoms with Crippen LogP contribution in [0.4, 0.5) is 8.78 Å². The molecule has 1 aliphatic heterocycles. The van der Waals surface area contributed by atoms with Crippen LogP contribution in [-0.4, -0.2) is 56.1 Å². The van der Waals surface area contributed by atoms with Crippen molar-refractivity contribution < 1.29 is 8.78 Å². The third-order valence-corrected chi connectivity index (χ3v) is 4.01. The van der Waals surface area contributed by atoms with Crippen LogP contribution in [0.3, 0.4) is 0 Å². The normalized spacial score (nSPS) is 18.4. The number of piperazine rings is 1. The van der Waals surface area contributed by atoms with Gasteiger partial charge in [-0.3, -0.25) is 9.80 Å². The maximum atomic E-state index is 13.3. The van der Waals surface area contributed by atoms with Crippen molar-refractivity contribution in [3.05, 3.63) is 35.4 Å². The van der Waals surface area contributed by atoms with Gasteiger partial charge in [-0.25, -0.2) is 8.78 Å². The summed E-state index contributed by atoms with van der Waals surface area (Å²) in [4.78, 5) is 4.54. The molecule has 1 atom stereocenters. The SMILES string of the molecule is CC(c1cc(F)cc(F)c1)N(C)CCN1CCNCC1. The Balaban J connectivity index is 1.88. The molecule has 1 aromatic rings. The molecular formula is C15H23F2N3. The Morgan fingerprint density at radius 2 is 1.80 bits per heavy atom. The molecule has 1 unspecified atom stereocenters. The minimum Gasteiger partial charge on any atom is -0.314 e. The van der Waals surface area contributed by atoms with Crippen molar-refractivity contribution in [1.29, 1.82) is 0 Å². The molecule has 3 nitrogen and oxygen atoms in total. The van der Waals surface area contributed by atoms with Crippen LogP contribution < -0.4 is 5.32 Å². The molecule has 0 spiro atoms. The predicted octanol–water partition coefficient (Wildman–Crippen LogP) is 1.86. The molecule has 1 aromatic carbocycles. The second-order valence-corrected chi connectivity index (χ2v) is 5.45. The van der Waals surface area contributed by atoms with E-state index >= 15 is 0 Å². The zero-order chi connectivity index (χ0) is 14.5. The monoisotopic (exact) mass is 283 g/mol. The molecule has 20 heavy (non-hydrogen) atoms. The van der Waals surface area contributed by atoms with Crippen LogP contribution in [0.15, 0.2) is 18.2 Å². The molecule has 1 heterocycles. The van der Waals surface area contributed by atoms with Crippen molar-refractivity contribution in [1.82, 2.24) is 15.1 Å². The van der Waals surface area contributed by atoms with Gasteiger partial charge in [-0.15, -0.1) is 0 Å². The molecule has 0 amide bonds. The fraction of sp³-hybridized carbons (Fsp3) is 0.600. The van der Waals surface area contributed by atoms with Gasteiger partial charge in [0, 0.05) is 51.4 Å². The van der Waals surface area contributed by atoms with Crippen molar-refractivity contribution in [2.75, 3.05) is 46.3 Å². The summed E-state index contributed by atoms with van der Waals surface area (Å²) in [5.74, 6) is -1.02. The number of rotatable bonds is 5. The van der Waals surface area contributed by atoms with E-state index in [9.17, 15) is 8.78 Å². The molecule has 0 aliphatic carbocycles. The van der Waals surface area contributed by atoms with Gasteiger partial charge in [-0.05, 0) is 31.7 Å². The summed E-state index contributed by atoms with van der Waals surface area (Å²) >= 11 is 0. The Kier molecular flexibility index (Phi) is 5.46. The molecule has 5 heteroatoms. The number of likely N-dealkylation sites (N-methyl/N-ethyl adjacent to an activating group) is 1. The number of benzene rings is 1. The van der Waals surface area contributed by atoms with E-state index in [4.69, 9.17) is 0 Å². The smallest absolute Gasteiger partial charge is 0.126 e. The van der Waals surface area contributed by atoms with Gasteiger partial charge in [0.25, 0.3) is 0 Å². The lowest BCUT2D eigenvalue weighted by Gasteiger charge is -2.31. The first-order valence-corrected chi connectivity index (χ1v) is 7.15. The standard InChI is InChI=1S/C15H23F2N3/c1-12(13-9-14(16)11-15(17)10-13)19(2)7-8-20-5-3-18-4-6-20/h9-12,18H,3-8H2,1-2H3. The molecule has 1 fully saturated rings. The van der Waals surface area contributed by atoms with Crippen molar-refractivity contribution in [2.45, 2.75) is 13.0 Å². The Morgan fingerprint density at radius 1 is 1.20 bits per heavy atom. The van der Waals surface area contributed by atoms with E-state index in [2.05, 4.69) is 15.1 Å². The van der Waals surface area contributed by atoms with Crippen molar-refractivity contribution in [3.8, 4) is 0 Å². The van der Waals surface area contributed by atoms with Gasteiger partial charge < -0.3 is 5.32 Å². The van der Waals surface area contributed by atoms with E-state index in [1.165, 1.54) is 12.1 Å². The first-order valence-electron chi connectivity index (χ1n) is 7.15. The molecule has 2 rings (SSSR count). The number of nitrogens with one attached hydrogen (secondary N) is 1. The second-order valence-electron chi connectivity index (χ2n) is 5.45. The van der Waals surface area contributed by atoms with Crippen LogP contribution in [-0.2, 0) is 0 Å². The third kappa shape index (κ3) is 4.23. The molecule has 0 radical (unpaired) electrons. The Morgan fingerprint density at radius 3 is 2.40 bits per heavy atom. The molecular weight excluding hydrogens is 260 g/mol. The highest BCUT2D eigenvalue weighted by atomic mass is 19.1. The Labute approximate surface area is 119 Å². The van der Waals surface area contributed by atoms with Gasteiger partial charge in [0.2, 0.25) is 0 Å². The van der Waals surface area contributed by atoms with Crippen LogP contribution >= 0.6 is 0 Å². The lowest BCUT2D eigenvalue weighted by molar-refractivity contribution is 0.183. The number of hydrogen-bond acceptors (Lipinski definition) is 3. The van der Waals surface area contributed by atoms with Crippen LogP contribution in [0.25, 0.3) is 0 Å². The van der Waals surface area contributed by atoms with E-state index in [0.29, 0.717) is 5.56 Å². The highest BCUT2D eigenvalue weighted by Gasteiger charge is 2.15. The molecule has 1 aliphatic rings. The topological polar surface area (TPSA) is 18.5 Å². The Bertz CT molecular complexity index is 413. The van der Waals surface area contributed by atoms with E-state index in [1.807, 2.05) is 14.0 Å². The maximum absolute atomic E-state index is 13.3. The Hall–Kier alpha value is -1.04. The summed E-state index contributed by atoms with van der Waals surface area (Å²) in [5, 5.41) is 3.32. The maximum Gasteiger partial charge on any atom is 0.126 e. The molecule has 0 saturated carbocycles. The lowest BCUT2D eigenvalue weighted by Crippen LogP contribution is -2.46. The van der Waals surface area contributed by atoms with Gasteiger partial charge in [0.05, 0.1) is 0 Å². The zero-order valence-corrected chi connectivity index (χ0v) is 12.2. The zero-order valence-electron chi connectivity index (χ0n) is 12.2. The minimum atomic E-state index is -0.512. The summed E-state index contributed by atoms with van der Waals surface area (Å²) in [6.45, 7) is 8.06. The molecule has 0 aromatic heterocycles. The second kappa shape index (κ2) is 7.11. The largest absolute Gasteiger partial charge is 0.314 e. The van der Waals surface area contributed by atoms with Crippen LogP contribution in [0.5, 0.6) is 0 Å². The van der Waals surface area contributed by atoms with Gasteiger partial charge in [-0.2, -0.15) is 0 Å². The van der Waals surface area contributed by atoms with Crippen molar-refractivity contribution in [3.63, 3.8) is 0 Å². The average molecular weight is 283 g/mol. The fourth-order valence-electron chi connectivity index (χ4n) is 2.50. The molecule has 112 valence electrons. The summed E-state index contributed by atoms with van der Waals surface area (Å²) in [7, 11) is 2.00. The molecule has 1 N–H and O–H groups in total. The first-order chi connectivity index (χ1) is 9.56. The van der Waals surface area contributed by atoms with Gasteiger partial charge in [0.1, 0.15) is 11.6 Å². The van der Waals surface area contributed by atoms with Crippen LogP contribution in [0.1, 0.15) is 18.5 Å². The summed E-state index contributed by atoms with van der Waals surface area (Å²) < 4.78 is 26.5. The van der Waals surface area contributed by atoms with E-state index in [-0.39, 0.29) is 6.04 Å². The summed E-state index contributed by atoms with van der Waals surface area (Å²) in [6, 6.07) is 3.74. The average Bonchev–Trinajstić information content (AvgIpc) is 2.44. The van der Waals surface area contributed by atoms with Gasteiger partial charge in [0.15, 0.2) is 0 Å². The summed E-state index contributed by atoms with van der Waals surface area (Å²) in [6.07, 6.45) is 0. The molecule has 1 saturated heterocycles. The molecule has 0 bridgehead atoms. The quantitative estimate of drug-likeness (QED) is 0.890. The summed E-state index contributed by atoms with van der Waals surface area (Å²) in [5.41, 5.74) is 0.685. The van der Waals surface area contributed by atoms with Crippen molar-refractivity contribution in [2.24, 2.45) is 0 Å².